The smallest absolute Gasteiger partial charge is 0.273 e. The van der Waals surface area contributed by atoms with Crippen molar-refractivity contribution < 1.29 is 14.7 Å². The lowest BCUT2D eigenvalue weighted by atomic mass is 10.1. The predicted molar refractivity (Wildman–Crippen MR) is 96.2 cm³/mol. The summed E-state index contributed by atoms with van der Waals surface area (Å²) in [6, 6.07) is 8.94. The number of carbonyl (C=O) groups excluding carboxylic acids is 2. The van der Waals surface area contributed by atoms with Crippen LogP contribution in [-0.4, -0.2) is 35.0 Å². The molecule has 1 aromatic carbocycles. The number of benzene rings is 1. The molecule has 1 heterocycles. The highest BCUT2D eigenvalue weighted by atomic mass is 16.3. The van der Waals surface area contributed by atoms with Crippen molar-refractivity contribution in [1.82, 2.24) is 15.6 Å². The number of nitrogens with zero attached hydrogens (tertiary/aromatic N) is 1. The van der Waals surface area contributed by atoms with E-state index in [9.17, 15) is 14.7 Å². The number of carbonyl (C=O) groups is 2. The van der Waals surface area contributed by atoms with Crippen molar-refractivity contribution in [3.8, 4) is 5.75 Å². The van der Waals surface area contributed by atoms with Crippen LogP contribution in [0.5, 0.6) is 5.75 Å². The van der Waals surface area contributed by atoms with E-state index in [-0.39, 0.29) is 30.4 Å². The second kappa shape index (κ2) is 8.63. The number of hydrogen-bond acceptors (Lipinski definition) is 4. The van der Waals surface area contributed by atoms with Gasteiger partial charge in [0.2, 0.25) is 5.91 Å². The molecule has 0 aliphatic heterocycles. The summed E-state index contributed by atoms with van der Waals surface area (Å²) < 4.78 is 0. The highest BCUT2D eigenvalue weighted by Gasteiger charge is 2.10. The van der Waals surface area contributed by atoms with E-state index < -0.39 is 5.91 Å². The molecule has 0 spiro atoms. The van der Waals surface area contributed by atoms with Gasteiger partial charge < -0.3 is 15.7 Å². The van der Waals surface area contributed by atoms with Gasteiger partial charge in [-0.15, -0.1) is 0 Å². The first-order chi connectivity index (χ1) is 12.0. The molecule has 0 aliphatic rings. The molecule has 0 unspecified atom stereocenters. The van der Waals surface area contributed by atoms with Crippen molar-refractivity contribution in [2.45, 2.75) is 13.8 Å². The summed E-state index contributed by atoms with van der Waals surface area (Å²) in [6.07, 6.45) is 4.65. The average Bonchev–Trinajstić information content (AvgIpc) is 2.58. The molecule has 0 bridgehead atoms. The topological polar surface area (TPSA) is 91.3 Å². The van der Waals surface area contributed by atoms with Gasteiger partial charge in [-0.25, -0.2) is 4.98 Å². The summed E-state index contributed by atoms with van der Waals surface area (Å²) in [5.74, 6) is -0.909. The van der Waals surface area contributed by atoms with E-state index in [0.717, 1.165) is 11.1 Å². The molecule has 2 rings (SSSR count). The average molecular weight is 339 g/mol. The molecular formula is C19H21N3O3. The molecule has 3 N–H and O–H groups in total. The van der Waals surface area contributed by atoms with Crippen molar-refractivity contribution in [2.24, 2.45) is 0 Å². The number of nitrogens with one attached hydrogen (secondary N) is 2. The van der Waals surface area contributed by atoms with Gasteiger partial charge >= 0.3 is 0 Å². The Hall–Kier alpha value is -3.15. The Kier molecular flexibility index (Phi) is 6.28. The number of aromatic hydroxyl groups is 1. The van der Waals surface area contributed by atoms with Crippen LogP contribution >= 0.6 is 0 Å². The lowest BCUT2D eigenvalue weighted by Gasteiger charge is -2.06. The summed E-state index contributed by atoms with van der Waals surface area (Å²) >= 11 is 0. The molecule has 25 heavy (non-hydrogen) atoms. The molecule has 0 aliphatic carbocycles. The second-order valence-corrected chi connectivity index (χ2v) is 5.61. The monoisotopic (exact) mass is 339 g/mol. The maximum atomic E-state index is 11.8. The molecule has 0 radical (unpaired) electrons. The minimum atomic E-state index is -0.488. The molecule has 0 saturated carbocycles. The minimum absolute atomic E-state index is 0.0384. The standard InChI is InChI=1S/C19H21N3O3/c1-13-5-6-15(14(2)12-13)7-8-17(24)20-10-11-22-19(25)18-16(23)4-3-9-21-18/h3-9,12,23H,10-11H2,1-2H3,(H,20,24)(H,22,25)/b8-7-. The van der Waals surface area contributed by atoms with Gasteiger partial charge in [-0.2, -0.15) is 0 Å². The maximum Gasteiger partial charge on any atom is 0.273 e. The first-order valence-corrected chi connectivity index (χ1v) is 7.92. The summed E-state index contributed by atoms with van der Waals surface area (Å²) in [6.45, 7) is 4.52. The van der Waals surface area contributed by atoms with Gasteiger partial charge in [-0.05, 0) is 43.2 Å². The maximum absolute atomic E-state index is 11.8. The molecule has 130 valence electrons. The quantitative estimate of drug-likeness (QED) is 0.554. The van der Waals surface area contributed by atoms with Gasteiger partial charge in [0.1, 0.15) is 5.75 Å². The molecule has 6 heteroatoms. The van der Waals surface area contributed by atoms with Crippen LogP contribution in [0.4, 0.5) is 0 Å². The summed E-state index contributed by atoms with van der Waals surface area (Å²) in [5.41, 5.74) is 3.23. The second-order valence-electron chi connectivity index (χ2n) is 5.61. The zero-order valence-electron chi connectivity index (χ0n) is 14.2. The SMILES string of the molecule is Cc1ccc(/C=C\C(=O)NCCNC(=O)c2ncccc2O)c(C)c1. The van der Waals surface area contributed by atoms with Crippen LogP contribution < -0.4 is 10.6 Å². The number of aryl methyl sites for hydroxylation is 2. The molecule has 2 amide bonds. The van der Waals surface area contributed by atoms with Crippen LogP contribution in [0.3, 0.4) is 0 Å². The molecule has 6 nitrogen and oxygen atoms in total. The summed E-state index contributed by atoms with van der Waals surface area (Å²) in [5, 5.41) is 14.8. The Labute approximate surface area is 146 Å². The van der Waals surface area contributed by atoms with Crippen molar-refractivity contribution in [1.29, 1.82) is 0 Å². The fourth-order valence-corrected chi connectivity index (χ4v) is 2.25. The lowest BCUT2D eigenvalue weighted by Crippen LogP contribution is -2.34. The Morgan fingerprint density at radius 2 is 1.92 bits per heavy atom. The lowest BCUT2D eigenvalue weighted by molar-refractivity contribution is -0.116. The largest absolute Gasteiger partial charge is 0.505 e. The fraction of sp³-hybridized carbons (Fsp3) is 0.211. The number of aromatic nitrogens is 1. The highest BCUT2D eigenvalue weighted by Crippen LogP contribution is 2.12. The van der Waals surface area contributed by atoms with Crippen molar-refractivity contribution >= 4 is 17.9 Å². The van der Waals surface area contributed by atoms with Crippen molar-refractivity contribution in [3.63, 3.8) is 0 Å². The van der Waals surface area contributed by atoms with Crippen molar-refractivity contribution in [2.75, 3.05) is 13.1 Å². The highest BCUT2D eigenvalue weighted by molar-refractivity contribution is 5.95. The summed E-state index contributed by atoms with van der Waals surface area (Å²) in [4.78, 5) is 27.4. The van der Waals surface area contributed by atoms with Gasteiger partial charge in [0.25, 0.3) is 5.91 Å². The Morgan fingerprint density at radius 3 is 2.64 bits per heavy atom. The van der Waals surface area contributed by atoms with Crippen LogP contribution in [0.2, 0.25) is 0 Å². The number of pyridine rings is 1. The van der Waals surface area contributed by atoms with E-state index in [2.05, 4.69) is 21.7 Å². The first kappa shape index (κ1) is 18.2. The first-order valence-electron chi connectivity index (χ1n) is 7.92. The molecule has 0 saturated heterocycles. The van der Waals surface area contributed by atoms with Crippen LogP contribution in [0.25, 0.3) is 6.08 Å². The van der Waals surface area contributed by atoms with E-state index in [1.165, 1.54) is 30.0 Å². The van der Waals surface area contributed by atoms with E-state index in [4.69, 9.17) is 0 Å². The molecular weight excluding hydrogens is 318 g/mol. The van der Waals surface area contributed by atoms with Gasteiger partial charge in [-0.3, -0.25) is 9.59 Å². The van der Waals surface area contributed by atoms with Gasteiger partial charge in [-0.1, -0.05) is 23.8 Å². The van der Waals surface area contributed by atoms with Crippen LogP contribution in [0.15, 0.2) is 42.6 Å². The number of amides is 2. The zero-order chi connectivity index (χ0) is 18.2. The normalized spacial score (nSPS) is 10.6. The zero-order valence-corrected chi connectivity index (χ0v) is 14.2. The molecule has 0 fully saturated rings. The van der Waals surface area contributed by atoms with E-state index in [0.29, 0.717) is 0 Å². The van der Waals surface area contributed by atoms with Crippen LogP contribution in [0.1, 0.15) is 27.2 Å². The van der Waals surface area contributed by atoms with Gasteiger partial charge in [0.05, 0.1) is 0 Å². The third kappa shape index (κ3) is 5.46. The van der Waals surface area contributed by atoms with Crippen LogP contribution in [0, 0.1) is 13.8 Å². The third-order valence-electron chi connectivity index (χ3n) is 3.55. The molecule has 0 atom stereocenters. The Balaban J connectivity index is 1.76. The van der Waals surface area contributed by atoms with Crippen LogP contribution in [-0.2, 0) is 4.79 Å². The minimum Gasteiger partial charge on any atom is -0.505 e. The summed E-state index contributed by atoms with van der Waals surface area (Å²) in [7, 11) is 0. The Bertz CT molecular complexity index is 800. The molecule has 1 aromatic heterocycles. The van der Waals surface area contributed by atoms with E-state index >= 15 is 0 Å². The molecule has 2 aromatic rings. The number of rotatable bonds is 6. The van der Waals surface area contributed by atoms with E-state index in [1.54, 1.807) is 6.08 Å². The third-order valence-corrected chi connectivity index (χ3v) is 3.55. The van der Waals surface area contributed by atoms with E-state index in [1.807, 2.05) is 26.0 Å². The fourth-order valence-electron chi connectivity index (χ4n) is 2.25. The van der Waals surface area contributed by atoms with Crippen molar-refractivity contribution in [3.05, 3.63) is 65.0 Å². The van der Waals surface area contributed by atoms with Gasteiger partial charge in [0, 0.05) is 25.4 Å². The number of hydrogen-bond donors (Lipinski definition) is 3. The predicted octanol–water partition coefficient (Wildman–Crippen LogP) is 1.96. The Morgan fingerprint density at radius 1 is 1.16 bits per heavy atom. The van der Waals surface area contributed by atoms with Gasteiger partial charge in [0.15, 0.2) is 5.69 Å².